The van der Waals surface area contributed by atoms with Crippen molar-refractivity contribution in [3.05, 3.63) is 34.9 Å². The number of carbonyl (C=O) groups excluding carboxylic acids is 3. The summed E-state index contributed by atoms with van der Waals surface area (Å²) >= 11 is 0. The Morgan fingerprint density at radius 3 is 2.00 bits per heavy atom. The SMILES string of the molecule is CCCCC[C@H](O)/C=C\[C@@H]1[C@H](O)[C@H](O)[C@H]2COP(=O)(O)OP(=O)(O)OC[C@@H](COC(=O)CCCCCCCCCCCCCCCCC(C)C)OC(=O)CCCCC(=O)C[C@H]([C@H](n3ccc(N)nc3=O)O2)[C@@H](O)C[C@H]1O. The summed E-state index contributed by atoms with van der Waals surface area (Å²) in [5.74, 6) is -4.37. The van der Waals surface area contributed by atoms with Crippen LogP contribution in [0.1, 0.15) is 194 Å². The maximum atomic E-state index is 13.7. The minimum Gasteiger partial charge on any atom is -0.462 e. The van der Waals surface area contributed by atoms with Crippen LogP contribution < -0.4 is 11.4 Å². The standard InChI is InChI=1S/C52H91N3O19P2/c1-4-5-18-24-38(56)28-29-41-43(58)33-44(59)42-32-39(57)25-21-22-27-48(61)72-40(34-69-47(60)26-20-17-15-13-11-9-7-6-8-10-12-14-16-19-23-37(2)3)35-70-75(65,66)74-76(67,68)71-36-45(50(63)49(41)62)73-51(42)55-31-30-46(53)54-52(55)64/h28-31,37-38,40-45,49-51,56,58-59,62-63H,4-27,32-36H2,1-3H3,(H,65,66)(H,67,68)(H2,53,54,64)/b29-28-/t38-,40+,41-,42-,43+,44-,45+,49-,50+,51+/m0/s1. The van der Waals surface area contributed by atoms with Crippen LogP contribution in [0.3, 0.4) is 0 Å². The van der Waals surface area contributed by atoms with Crippen molar-refractivity contribution in [1.82, 2.24) is 9.55 Å². The van der Waals surface area contributed by atoms with Gasteiger partial charge in [0.15, 0.2) is 6.10 Å². The number of phosphoric acid groups is 2. The van der Waals surface area contributed by atoms with E-state index in [1.165, 1.54) is 82.4 Å². The zero-order valence-electron chi connectivity index (χ0n) is 45.1. The Kier molecular flexibility index (Phi) is 32.2. The van der Waals surface area contributed by atoms with Crippen LogP contribution in [0.15, 0.2) is 29.2 Å². The average Bonchev–Trinajstić information content (AvgIpc) is 3.34. The van der Waals surface area contributed by atoms with Crippen LogP contribution in [0, 0.1) is 17.8 Å². The van der Waals surface area contributed by atoms with E-state index in [-0.39, 0.29) is 37.9 Å². The van der Waals surface area contributed by atoms with Crippen LogP contribution in [0.5, 0.6) is 0 Å². The zero-order chi connectivity index (χ0) is 56.1. The Hall–Kier alpha value is -2.95. The third-order valence-corrected chi connectivity index (χ3v) is 16.3. The van der Waals surface area contributed by atoms with E-state index < -0.39 is 133 Å². The van der Waals surface area contributed by atoms with E-state index in [0.717, 1.165) is 55.2 Å². The number of hydrogen-bond donors (Lipinski definition) is 8. The summed E-state index contributed by atoms with van der Waals surface area (Å²) in [5, 5.41) is 57.4. The number of carbonyl (C=O) groups is 3. The Labute approximate surface area is 448 Å². The molecule has 0 aromatic carbocycles. The number of fused-ring (bicyclic) bond motifs is 3. The number of aromatic nitrogens is 2. The highest BCUT2D eigenvalue weighted by molar-refractivity contribution is 7.61. The summed E-state index contributed by atoms with van der Waals surface area (Å²) < 4.78 is 58.8. The van der Waals surface area contributed by atoms with Crippen LogP contribution in [0.4, 0.5) is 5.82 Å². The maximum Gasteiger partial charge on any atom is 0.481 e. The van der Waals surface area contributed by atoms with E-state index in [0.29, 0.717) is 19.3 Å². The normalized spacial score (nSPS) is 29.5. The lowest BCUT2D eigenvalue weighted by Gasteiger charge is -2.40. The number of anilines is 1. The number of phosphoric ester groups is 2. The van der Waals surface area contributed by atoms with Crippen molar-refractivity contribution in [2.24, 2.45) is 17.8 Å². The molecule has 0 spiro atoms. The van der Waals surface area contributed by atoms with E-state index in [1.807, 2.05) is 6.92 Å². The molecule has 2 bridgehead atoms. The molecule has 2 unspecified atom stereocenters. The fourth-order valence-corrected chi connectivity index (χ4v) is 11.4. The smallest absolute Gasteiger partial charge is 0.462 e. The Bertz CT molecular complexity index is 2030. The number of aliphatic hydroxyl groups is 5. The molecule has 0 saturated carbocycles. The van der Waals surface area contributed by atoms with Crippen molar-refractivity contribution in [3.63, 3.8) is 0 Å². The van der Waals surface area contributed by atoms with Gasteiger partial charge in [0.05, 0.1) is 37.6 Å². The first-order valence-corrected chi connectivity index (χ1v) is 30.7. The van der Waals surface area contributed by atoms with Gasteiger partial charge in [-0.25, -0.2) is 13.9 Å². The van der Waals surface area contributed by atoms with Gasteiger partial charge in [-0.3, -0.25) is 28.0 Å². The number of hydrogen-bond acceptors (Lipinski definition) is 19. The highest BCUT2D eigenvalue weighted by Crippen LogP contribution is 2.60. The number of aliphatic hydroxyl groups excluding tert-OH is 5. The summed E-state index contributed by atoms with van der Waals surface area (Å²) in [6, 6.07) is 1.18. The molecule has 2 fully saturated rings. The van der Waals surface area contributed by atoms with Gasteiger partial charge < -0.3 is 55.3 Å². The number of unbranched alkanes of at least 4 members (excludes halogenated alkanes) is 15. The predicted octanol–water partition coefficient (Wildman–Crippen LogP) is 7.42. The highest BCUT2D eigenvalue weighted by atomic mass is 31.3. The summed E-state index contributed by atoms with van der Waals surface area (Å²) in [6.07, 6.45) is 8.17. The molecule has 76 heavy (non-hydrogen) atoms. The molecule has 12 atom stereocenters. The van der Waals surface area contributed by atoms with Crippen LogP contribution in [-0.2, 0) is 51.1 Å². The van der Waals surface area contributed by atoms with Gasteiger partial charge in [-0.15, -0.1) is 0 Å². The van der Waals surface area contributed by atoms with Crippen LogP contribution in [-0.4, -0.2) is 125 Å². The van der Waals surface area contributed by atoms with Gasteiger partial charge in [0.2, 0.25) is 0 Å². The second-order valence-corrected chi connectivity index (χ2v) is 23.9. The van der Waals surface area contributed by atoms with E-state index >= 15 is 0 Å². The summed E-state index contributed by atoms with van der Waals surface area (Å²) in [6.45, 7) is 3.66. The van der Waals surface area contributed by atoms with Gasteiger partial charge in [0, 0.05) is 50.1 Å². The third-order valence-electron chi connectivity index (χ3n) is 13.7. The molecular formula is C52H91N3O19P2. The number of rotatable bonds is 26. The number of nitrogens with zero attached hydrogens (tertiary/aromatic N) is 2. The number of ether oxygens (including phenoxy) is 3. The van der Waals surface area contributed by atoms with Crippen molar-refractivity contribution in [3.8, 4) is 0 Å². The lowest BCUT2D eigenvalue weighted by Crippen LogP contribution is -2.52. The maximum absolute atomic E-state index is 13.7. The zero-order valence-corrected chi connectivity index (χ0v) is 46.9. The van der Waals surface area contributed by atoms with Crippen molar-refractivity contribution in [2.45, 2.75) is 237 Å². The minimum absolute atomic E-state index is 0.0581. The Morgan fingerprint density at radius 2 is 1.39 bits per heavy atom. The second kappa shape index (κ2) is 36.3. The Morgan fingerprint density at radius 1 is 0.816 bits per heavy atom. The molecule has 0 amide bonds. The minimum atomic E-state index is -5.76. The molecule has 0 radical (unpaired) electrons. The van der Waals surface area contributed by atoms with Crippen LogP contribution in [0.2, 0.25) is 0 Å². The molecule has 2 aliphatic rings. The van der Waals surface area contributed by atoms with E-state index in [4.69, 9.17) is 29.0 Å². The largest absolute Gasteiger partial charge is 0.481 e. The topological polar surface area (TPSA) is 343 Å². The fraction of sp³-hybridized carbons (Fsp3) is 0.827. The van der Waals surface area contributed by atoms with Crippen molar-refractivity contribution in [1.29, 1.82) is 0 Å². The van der Waals surface area contributed by atoms with Gasteiger partial charge >= 0.3 is 33.3 Å². The molecule has 24 heteroatoms. The van der Waals surface area contributed by atoms with Crippen LogP contribution in [0.25, 0.3) is 0 Å². The molecular weight excluding hydrogens is 1030 g/mol. The van der Waals surface area contributed by atoms with Crippen molar-refractivity contribution >= 4 is 39.2 Å². The van der Waals surface area contributed by atoms with Gasteiger partial charge in [-0.2, -0.15) is 9.29 Å². The van der Waals surface area contributed by atoms with Gasteiger partial charge in [0.25, 0.3) is 0 Å². The first-order valence-electron chi connectivity index (χ1n) is 27.7. The lowest BCUT2D eigenvalue weighted by molar-refractivity contribution is -0.196. The van der Waals surface area contributed by atoms with Gasteiger partial charge in [-0.1, -0.05) is 142 Å². The van der Waals surface area contributed by atoms with E-state index in [1.54, 1.807) is 0 Å². The molecule has 1 aromatic rings. The number of ketones is 1. The second-order valence-electron chi connectivity index (χ2n) is 20.9. The summed E-state index contributed by atoms with van der Waals surface area (Å²) in [4.78, 5) is 78.0. The Balaban J connectivity index is 1.73. The van der Waals surface area contributed by atoms with Gasteiger partial charge in [0.1, 0.15) is 36.6 Å². The molecule has 3 heterocycles. The number of Topliss-reactive ketones (excluding diaryl/α,β-unsaturated/α-hetero) is 1. The van der Waals surface area contributed by atoms with Crippen LogP contribution >= 0.6 is 15.6 Å². The molecule has 0 aliphatic carbocycles. The number of esters is 2. The number of cyclic esters (lactones) is 1. The van der Waals surface area contributed by atoms with Crippen molar-refractivity contribution in [2.75, 3.05) is 25.6 Å². The molecule has 3 rings (SSSR count). The first-order chi connectivity index (χ1) is 36.1. The van der Waals surface area contributed by atoms with E-state index in [2.05, 4.69) is 23.1 Å². The average molecular weight is 1120 g/mol. The summed E-state index contributed by atoms with van der Waals surface area (Å²) in [7, 11) is -11.4. The molecule has 2 saturated heterocycles. The number of nitrogens with two attached hydrogens (primary N) is 1. The van der Waals surface area contributed by atoms with Gasteiger partial charge in [-0.05, 0) is 37.7 Å². The lowest BCUT2D eigenvalue weighted by atomic mass is 9.82. The summed E-state index contributed by atoms with van der Waals surface area (Å²) in [5.41, 5.74) is 4.67. The predicted molar refractivity (Wildman–Crippen MR) is 282 cm³/mol. The van der Waals surface area contributed by atoms with Crippen molar-refractivity contribution < 1.29 is 86.4 Å². The first kappa shape index (κ1) is 67.3. The quantitative estimate of drug-likeness (QED) is 0.0193. The van der Waals surface area contributed by atoms with E-state index in [9.17, 15) is 63.6 Å². The fourth-order valence-electron chi connectivity index (χ4n) is 9.31. The molecule has 9 N–H and O–H groups in total. The molecule has 2 aliphatic heterocycles. The third kappa shape index (κ3) is 27.3. The molecule has 22 nitrogen and oxygen atoms in total. The molecule has 438 valence electrons. The molecule has 1 aromatic heterocycles. The number of nitrogen functional groups attached to an aromatic ring is 1. The highest BCUT2D eigenvalue weighted by Gasteiger charge is 2.45. The monoisotopic (exact) mass is 1120 g/mol.